The molecule has 6 nitrogen and oxygen atoms in total. The average Bonchev–Trinajstić information content (AvgIpc) is 3.22. The number of hydrogen-bond acceptors (Lipinski definition) is 6. The molecule has 112 valence electrons. The number of pyridine rings is 1. The molecule has 0 saturated heterocycles. The fourth-order valence-corrected chi connectivity index (χ4v) is 2.47. The van der Waals surface area contributed by atoms with Crippen molar-refractivity contribution in [3.05, 3.63) is 54.7 Å². The first-order valence-electron chi connectivity index (χ1n) is 6.60. The summed E-state index contributed by atoms with van der Waals surface area (Å²) < 4.78 is 10.4. The van der Waals surface area contributed by atoms with Crippen LogP contribution in [0.1, 0.15) is 5.69 Å². The number of hydrogen-bond donors (Lipinski definition) is 1. The van der Waals surface area contributed by atoms with Gasteiger partial charge in [0.25, 0.3) is 0 Å². The molecule has 0 aliphatic rings. The van der Waals surface area contributed by atoms with E-state index in [0.717, 1.165) is 4.90 Å². The zero-order chi connectivity index (χ0) is 15.2. The molecule has 22 heavy (non-hydrogen) atoms. The van der Waals surface area contributed by atoms with Crippen LogP contribution in [0.25, 0.3) is 11.5 Å². The lowest BCUT2D eigenvalue weighted by atomic mass is 10.3. The molecule has 0 bridgehead atoms. The number of nitrogens with one attached hydrogen (secondary N) is 1. The van der Waals surface area contributed by atoms with Crippen molar-refractivity contribution in [3.63, 3.8) is 0 Å². The van der Waals surface area contributed by atoms with Gasteiger partial charge >= 0.3 is 0 Å². The lowest BCUT2D eigenvalue weighted by Gasteiger charge is -2.02. The number of thioether (sulfide) groups is 1. The van der Waals surface area contributed by atoms with Crippen molar-refractivity contribution in [1.82, 2.24) is 15.5 Å². The molecule has 0 fully saturated rings. The minimum atomic E-state index is -0.0654. The largest absolute Gasteiger partial charge is 0.461 e. The molecule has 0 saturated carbocycles. The Bertz CT molecular complexity index is 726. The standard InChI is InChI=1S/C15H13N3O3S/c19-15(10-22-12-3-5-16-6-4-12)17-9-11-8-14(21-18-11)13-2-1-7-20-13/h1-8H,9-10H2,(H,17,19). The highest BCUT2D eigenvalue weighted by atomic mass is 32.2. The molecule has 1 N–H and O–H groups in total. The Balaban J connectivity index is 1.47. The molecule has 0 atom stereocenters. The number of amides is 1. The topological polar surface area (TPSA) is 81.2 Å². The number of rotatable bonds is 6. The summed E-state index contributed by atoms with van der Waals surface area (Å²) in [5, 5.41) is 6.70. The Morgan fingerprint density at radius 3 is 2.86 bits per heavy atom. The van der Waals surface area contributed by atoms with Crippen LogP contribution in [0.4, 0.5) is 0 Å². The van der Waals surface area contributed by atoms with E-state index in [-0.39, 0.29) is 5.91 Å². The van der Waals surface area contributed by atoms with E-state index in [4.69, 9.17) is 8.94 Å². The van der Waals surface area contributed by atoms with E-state index < -0.39 is 0 Å². The molecule has 3 heterocycles. The molecule has 3 rings (SSSR count). The Labute approximate surface area is 130 Å². The van der Waals surface area contributed by atoms with Crippen LogP contribution < -0.4 is 5.32 Å². The van der Waals surface area contributed by atoms with Gasteiger partial charge in [0.05, 0.1) is 18.6 Å². The quantitative estimate of drug-likeness (QED) is 0.704. The van der Waals surface area contributed by atoms with Crippen LogP contribution in [0.15, 0.2) is 62.8 Å². The minimum Gasteiger partial charge on any atom is -0.461 e. The first-order valence-corrected chi connectivity index (χ1v) is 7.59. The first kappa shape index (κ1) is 14.4. The minimum absolute atomic E-state index is 0.0654. The molecule has 0 spiro atoms. The van der Waals surface area contributed by atoms with Crippen molar-refractivity contribution in [2.24, 2.45) is 0 Å². The fraction of sp³-hybridized carbons (Fsp3) is 0.133. The SMILES string of the molecule is O=C(CSc1ccncc1)NCc1cc(-c2ccco2)on1. The van der Waals surface area contributed by atoms with Gasteiger partial charge in [-0.1, -0.05) is 5.16 Å². The average molecular weight is 315 g/mol. The summed E-state index contributed by atoms with van der Waals surface area (Å²) in [6.45, 7) is 0.319. The maximum Gasteiger partial charge on any atom is 0.230 e. The predicted octanol–water partition coefficient (Wildman–Crippen LogP) is 2.74. The van der Waals surface area contributed by atoms with Crippen molar-refractivity contribution in [2.45, 2.75) is 11.4 Å². The van der Waals surface area contributed by atoms with Crippen LogP contribution in [0, 0.1) is 0 Å². The molecule has 0 radical (unpaired) electrons. The maximum absolute atomic E-state index is 11.8. The normalized spacial score (nSPS) is 10.5. The van der Waals surface area contributed by atoms with E-state index in [1.807, 2.05) is 12.1 Å². The third kappa shape index (κ3) is 3.76. The van der Waals surface area contributed by atoms with Crippen molar-refractivity contribution < 1.29 is 13.7 Å². The lowest BCUT2D eigenvalue weighted by molar-refractivity contribution is -0.118. The van der Waals surface area contributed by atoms with E-state index in [1.165, 1.54) is 11.8 Å². The van der Waals surface area contributed by atoms with Crippen LogP contribution >= 0.6 is 11.8 Å². The molecule has 0 aliphatic carbocycles. The van der Waals surface area contributed by atoms with Gasteiger partial charge in [0.1, 0.15) is 5.69 Å². The molecule has 0 aromatic carbocycles. The van der Waals surface area contributed by atoms with Gasteiger partial charge in [-0.15, -0.1) is 11.8 Å². The van der Waals surface area contributed by atoms with Crippen LogP contribution in [0.5, 0.6) is 0 Å². The Hall–Kier alpha value is -2.54. The highest BCUT2D eigenvalue weighted by Gasteiger charge is 2.10. The summed E-state index contributed by atoms with van der Waals surface area (Å²) >= 11 is 1.46. The van der Waals surface area contributed by atoms with E-state index in [9.17, 15) is 4.79 Å². The zero-order valence-corrected chi connectivity index (χ0v) is 12.4. The highest BCUT2D eigenvalue weighted by molar-refractivity contribution is 8.00. The molecular formula is C15H13N3O3S. The molecule has 1 amide bonds. The molecule has 7 heteroatoms. The van der Waals surface area contributed by atoms with Crippen LogP contribution in [0.2, 0.25) is 0 Å². The third-order valence-electron chi connectivity index (χ3n) is 2.81. The number of aromatic nitrogens is 2. The van der Waals surface area contributed by atoms with Gasteiger partial charge in [-0.05, 0) is 24.3 Å². The Kier molecular flexibility index (Phi) is 4.55. The van der Waals surface area contributed by atoms with Gasteiger partial charge in [0, 0.05) is 23.4 Å². The second kappa shape index (κ2) is 6.95. The van der Waals surface area contributed by atoms with Gasteiger partial charge < -0.3 is 14.3 Å². The van der Waals surface area contributed by atoms with Gasteiger partial charge in [-0.25, -0.2) is 0 Å². The first-order chi connectivity index (χ1) is 10.8. The number of carbonyl (C=O) groups is 1. The van der Waals surface area contributed by atoms with Gasteiger partial charge in [-0.2, -0.15) is 0 Å². The van der Waals surface area contributed by atoms with Crippen molar-refractivity contribution in [3.8, 4) is 11.5 Å². The molecule has 3 aromatic heterocycles. The molecule has 0 aliphatic heterocycles. The summed E-state index contributed by atoms with van der Waals surface area (Å²) in [6, 6.07) is 9.04. The molecule has 3 aromatic rings. The summed E-state index contributed by atoms with van der Waals surface area (Å²) in [4.78, 5) is 16.7. The van der Waals surface area contributed by atoms with Crippen LogP contribution in [-0.4, -0.2) is 21.8 Å². The smallest absolute Gasteiger partial charge is 0.230 e. The highest BCUT2D eigenvalue weighted by Crippen LogP contribution is 2.20. The number of nitrogens with zero attached hydrogens (tertiary/aromatic N) is 2. The van der Waals surface area contributed by atoms with E-state index in [2.05, 4.69) is 15.5 Å². The summed E-state index contributed by atoms with van der Waals surface area (Å²) in [6.07, 6.45) is 4.97. The fourth-order valence-electron chi connectivity index (χ4n) is 1.75. The molecule has 0 unspecified atom stereocenters. The summed E-state index contributed by atoms with van der Waals surface area (Å²) in [5.74, 6) is 1.43. The molecular weight excluding hydrogens is 302 g/mol. The van der Waals surface area contributed by atoms with Gasteiger partial charge in [0.2, 0.25) is 11.7 Å². The van der Waals surface area contributed by atoms with Crippen molar-refractivity contribution >= 4 is 17.7 Å². The van der Waals surface area contributed by atoms with Crippen LogP contribution in [-0.2, 0) is 11.3 Å². The second-order valence-electron chi connectivity index (χ2n) is 4.41. The zero-order valence-electron chi connectivity index (χ0n) is 11.6. The number of furan rings is 1. The lowest BCUT2D eigenvalue weighted by Crippen LogP contribution is -2.24. The van der Waals surface area contributed by atoms with E-state index in [1.54, 1.807) is 36.9 Å². The second-order valence-corrected chi connectivity index (χ2v) is 5.46. The van der Waals surface area contributed by atoms with Crippen LogP contribution in [0.3, 0.4) is 0 Å². The monoisotopic (exact) mass is 315 g/mol. The summed E-state index contributed by atoms with van der Waals surface area (Å²) in [7, 11) is 0. The van der Waals surface area contributed by atoms with Gasteiger partial charge in [0.15, 0.2) is 5.76 Å². The van der Waals surface area contributed by atoms with Crippen molar-refractivity contribution in [1.29, 1.82) is 0 Å². The Morgan fingerprint density at radius 2 is 2.09 bits per heavy atom. The Morgan fingerprint density at radius 1 is 1.23 bits per heavy atom. The van der Waals surface area contributed by atoms with E-state index in [0.29, 0.717) is 29.5 Å². The predicted molar refractivity (Wildman–Crippen MR) is 81.0 cm³/mol. The maximum atomic E-state index is 11.8. The van der Waals surface area contributed by atoms with Crippen molar-refractivity contribution in [2.75, 3.05) is 5.75 Å². The number of carbonyl (C=O) groups excluding carboxylic acids is 1. The summed E-state index contributed by atoms with van der Waals surface area (Å²) in [5.41, 5.74) is 0.647. The third-order valence-corrected chi connectivity index (χ3v) is 3.82. The van der Waals surface area contributed by atoms with E-state index >= 15 is 0 Å². The van der Waals surface area contributed by atoms with Gasteiger partial charge in [-0.3, -0.25) is 9.78 Å².